The second-order valence-corrected chi connectivity index (χ2v) is 8.37. The molecule has 2 aromatic heterocycles. The number of nitrogens with zero attached hydrogens (tertiary/aromatic N) is 4. The molecule has 2 N–H and O–H groups in total. The zero-order valence-electron chi connectivity index (χ0n) is 14.3. The summed E-state index contributed by atoms with van der Waals surface area (Å²) in [6.07, 6.45) is 0. The number of benzene rings is 1. The molecule has 0 bridgehead atoms. The lowest BCUT2D eigenvalue weighted by atomic mass is 10.2. The van der Waals surface area contributed by atoms with Crippen LogP contribution in [-0.4, -0.2) is 45.1 Å². The number of para-hydroxylation sites is 1. The lowest BCUT2D eigenvalue weighted by Crippen LogP contribution is -2.13. The maximum Gasteiger partial charge on any atom is 0.261 e. The number of amides is 2. The number of carbonyl (C=O) groups excluding carboxylic acids is 2. The van der Waals surface area contributed by atoms with Crippen molar-refractivity contribution in [1.29, 1.82) is 0 Å². The van der Waals surface area contributed by atoms with Crippen LogP contribution in [0.3, 0.4) is 0 Å². The summed E-state index contributed by atoms with van der Waals surface area (Å²) < 4.78 is 5.74. The SMILES string of the molecule is COc1ccccc1C(=O)Nc1nnc(SCC(=O)Nc2nnc(C)s2)s1. The van der Waals surface area contributed by atoms with Crippen molar-refractivity contribution in [3.05, 3.63) is 34.8 Å². The topological polar surface area (TPSA) is 119 Å². The summed E-state index contributed by atoms with van der Waals surface area (Å²) in [5.74, 6) is 0.0569. The predicted octanol–water partition coefficient (Wildman–Crippen LogP) is 2.69. The van der Waals surface area contributed by atoms with Gasteiger partial charge in [0.25, 0.3) is 5.91 Å². The molecule has 0 atom stereocenters. The molecule has 3 rings (SSSR count). The van der Waals surface area contributed by atoms with Gasteiger partial charge in [-0.25, -0.2) is 0 Å². The van der Waals surface area contributed by atoms with E-state index in [0.717, 1.165) is 5.01 Å². The lowest BCUT2D eigenvalue weighted by molar-refractivity contribution is -0.113. The first kappa shape index (κ1) is 19.2. The van der Waals surface area contributed by atoms with Crippen LogP contribution in [0.25, 0.3) is 0 Å². The van der Waals surface area contributed by atoms with Gasteiger partial charge in [0, 0.05) is 0 Å². The fraction of sp³-hybridized carbons (Fsp3) is 0.200. The molecular formula is C15H14N6O3S3. The maximum absolute atomic E-state index is 12.3. The number of rotatable bonds is 7. The van der Waals surface area contributed by atoms with Crippen molar-refractivity contribution in [2.75, 3.05) is 23.5 Å². The summed E-state index contributed by atoms with van der Waals surface area (Å²) >= 11 is 3.71. The average molecular weight is 423 g/mol. The predicted molar refractivity (Wildman–Crippen MR) is 105 cm³/mol. The van der Waals surface area contributed by atoms with Crippen molar-refractivity contribution in [1.82, 2.24) is 20.4 Å². The van der Waals surface area contributed by atoms with Crippen LogP contribution in [0.2, 0.25) is 0 Å². The van der Waals surface area contributed by atoms with Crippen molar-refractivity contribution >= 4 is 56.5 Å². The summed E-state index contributed by atoms with van der Waals surface area (Å²) in [4.78, 5) is 24.3. The minimum atomic E-state index is -0.343. The molecule has 0 aliphatic carbocycles. The normalized spacial score (nSPS) is 10.4. The number of anilines is 2. The zero-order valence-corrected chi connectivity index (χ0v) is 16.7. The number of nitrogens with one attached hydrogen (secondary N) is 2. The van der Waals surface area contributed by atoms with Gasteiger partial charge in [-0.3, -0.25) is 20.2 Å². The number of methoxy groups -OCH3 is 1. The smallest absolute Gasteiger partial charge is 0.261 e. The molecule has 0 aliphatic rings. The molecule has 0 aliphatic heterocycles. The van der Waals surface area contributed by atoms with Gasteiger partial charge in [0.15, 0.2) is 4.34 Å². The van der Waals surface area contributed by atoms with Crippen LogP contribution in [-0.2, 0) is 4.79 Å². The Morgan fingerprint density at radius 2 is 1.81 bits per heavy atom. The molecular weight excluding hydrogens is 408 g/mol. The fourth-order valence-corrected chi connectivity index (χ4v) is 4.10. The van der Waals surface area contributed by atoms with Gasteiger partial charge < -0.3 is 4.74 Å². The van der Waals surface area contributed by atoms with Crippen molar-refractivity contribution in [3.8, 4) is 5.75 Å². The van der Waals surface area contributed by atoms with E-state index in [1.807, 2.05) is 6.92 Å². The highest BCUT2D eigenvalue weighted by molar-refractivity contribution is 8.01. The van der Waals surface area contributed by atoms with Crippen molar-refractivity contribution < 1.29 is 14.3 Å². The fourth-order valence-electron chi connectivity index (χ4n) is 1.95. The Balaban J connectivity index is 1.53. The summed E-state index contributed by atoms with van der Waals surface area (Å²) in [6, 6.07) is 6.89. The number of aromatic nitrogens is 4. The second kappa shape index (κ2) is 8.88. The van der Waals surface area contributed by atoms with E-state index in [1.165, 1.54) is 41.5 Å². The van der Waals surface area contributed by atoms with E-state index < -0.39 is 0 Å². The summed E-state index contributed by atoms with van der Waals surface area (Å²) in [5.41, 5.74) is 0.399. The third-order valence-corrected chi connectivity index (χ3v) is 5.80. The van der Waals surface area contributed by atoms with Crippen LogP contribution in [0.4, 0.5) is 10.3 Å². The van der Waals surface area contributed by atoms with Crippen molar-refractivity contribution in [2.24, 2.45) is 0 Å². The van der Waals surface area contributed by atoms with Crippen LogP contribution in [0.15, 0.2) is 28.6 Å². The van der Waals surface area contributed by atoms with Crippen LogP contribution in [0, 0.1) is 6.92 Å². The Morgan fingerprint density at radius 3 is 2.56 bits per heavy atom. The third kappa shape index (κ3) is 5.21. The zero-order chi connectivity index (χ0) is 19.2. The van der Waals surface area contributed by atoms with Gasteiger partial charge in [-0.2, -0.15) is 0 Å². The second-order valence-electron chi connectivity index (χ2n) is 4.99. The largest absolute Gasteiger partial charge is 0.496 e. The van der Waals surface area contributed by atoms with Crippen LogP contribution >= 0.6 is 34.4 Å². The van der Waals surface area contributed by atoms with Gasteiger partial charge in [-0.05, 0) is 19.1 Å². The highest BCUT2D eigenvalue weighted by atomic mass is 32.2. The van der Waals surface area contributed by atoms with E-state index >= 15 is 0 Å². The number of ether oxygens (including phenoxy) is 1. The summed E-state index contributed by atoms with van der Waals surface area (Å²) in [7, 11) is 1.50. The molecule has 0 saturated carbocycles. The molecule has 27 heavy (non-hydrogen) atoms. The molecule has 0 saturated heterocycles. The van der Waals surface area contributed by atoms with Crippen LogP contribution < -0.4 is 15.4 Å². The van der Waals surface area contributed by atoms with E-state index in [9.17, 15) is 9.59 Å². The van der Waals surface area contributed by atoms with Gasteiger partial charge in [0.05, 0.1) is 18.4 Å². The molecule has 2 amide bonds. The summed E-state index contributed by atoms with van der Waals surface area (Å²) in [6.45, 7) is 1.81. The highest BCUT2D eigenvalue weighted by Gasteiger charge is 2.15. The highest BCUT2D eigenvalue weighted by Crippen LogP contribution is 2.27. The number of carbonyl (C=O) groups is 2. The van der Waals surface area contributed by atoms with Gasteiger partial charge in [-0.1, -0.05) is 46.6 Å². The van der Waals surface area contributed by atoms with E-state index in [4.69, 9.17) is 4.74 Å². The molecule has 0 unspecified atom stereocenters. The first-order chi connectivity index (χ1) is 13.0. The standard InChI is InChI=1S/C15H14N6O3S3/c1-8-18-19-13(26-8)16-11(22)7-25-15-21-20-14(27-15)17-12(23)9-5-3-4-6-10(9)24-2/h3-6H,7H2,1-2H3,(H,16,19,22)(H,17,20,23). The molecule has 0 spiro atoms. The van der Waals surface area contributed by atoms with Gasteiger partial charge in [0.2, 0.25) is 16.2 Å². The molecule has 3 aromatic rings. The van der Waals surface area contributed by atoms with E-state index in [1.54, 1.807) is 24.3 Å². The van der Waals surface area contributed by atoms with Gasteiger partial charge in [-0.15, -0.1) is 20.4 Å². The minimum absolute atomic E-state index is 0.147. The van der Waals surface area contributed by atoms with Crippen LogP contribution in [0.5, 0.6) is 5.75 Å². The Hall–Kier alpha value is -2.57. The molecule has 0 fully saturated rings. The van der Waals surface area contributed by atoms with E-state index in [-0.39, 0.29) is 17.6 Å². The molecule has 2 heterocycles. The monoisotopic (exact) mass is 422 g/mol. The Kier molecular flexibility index (Phi) is 6.32. The molecule has 9 nitrogen and oxygen atoms in total. The van der Waals surface area contributed by atoms with Crippen LogP contribution in [0.1, 0.15) is 15.4 Å². The Labute approximate surface area is 166 Å². The number of aryl methyl sites for hydroxylation is 1. The number of hydrogen-bond acceptors (Lipinski definition) is 10. The Bertz CT molecular complexity index is 958. The maximum atomic E-state index is 12.3. The van der Waals surface area contributed by atoms with E-state index in [2.05, 4.69) is 31.0 Å². The molecule has 0 radical (unpaired) electrons. The third-order valence-electron chi connectivity index (χ3n) is 3.08. The molecule has 12 heteroatoms. The minimum Gasteiger partial charge on any atom is -0.496 e. The quantitative estimate of drug-likeness (QED) is 0.441. The van der Waals surface area contributed by atoms with Gasteiger partial charge in [0.1, 0.15) is 10.8 Å². The first-order valence-electron chi connectivity index (χ1n) is 7.56. The molecule has 1 aromatic carbocycles. The van der Waals surface area contributed by atoms with Gasteiger partial charge >= 0.3 is 0 Å². The number of hydrogen-bond donors (Lipinski definition) is 2. The lowest BCUT2D eigenvalue weighted by Gasteiger charge is -2.06. The van der Waals surface area contributed by atoms with Crippen molar-refractivity contribution in [2.45, 2.75) is 11.3 Å². The first-order valence-corrected chi connectivity index (χ1v) is 10.2. The van der Waals surface area contributed by atoms with Crippen molar-refractivity contribution in [3.63, 3.8) is 0 Å². The number of thioether (sulfide) groups is 1. The summed E-state index contributed by atoms with van der Waals surface area (Å²) in [5, 5.41) is 22.5. The van der Waals surface area contributed by atoms with E-state index in [0.29, 0.717) is 25.9 Å². The average Bonchev–Trinajstić information content (AvgIpc) is 3.28. The molecule has 140 valence electrons. The Morgan fingerprint density at radius 1 is 1.07 bits per heavy atom.